The molecule has 0 unspecified atom stereocenters. The maximum Gasteiger partial charge on any atom is 0.308 e. The van der Waals surface area contributed by atoms with E-state index in [0.717, 1.165) is 0 Å². The van der Waals surface area contributed by atoms with Crippen molar-refractivity contribution in [1.29, 1.82) is 0 Å². The number of fused-ring (bicyclic) bond motifs is 1. The number of hydrogen-bond acceptors (Lipinski definition) is 3. The quantitative estimate of drug-likeness (QED) is 0.657. The van der Waals surface area contributed by atoms with Crippen molar-refractivity contribution in [2.75, 3.05) is 6.54 Å². The number of ketones is 1. The number of hydrogen-bond donors (Lipinski definition) is 1. The summed E-state index contributed by atoms with van der Waals surface area (Å²) in [6, 6.07) is -0.388. The van der Waals surface area contributed by atoms with Gasteiger partial charge in [-0.1, -0.05) is 0 Å². The van der Waals surface area contributed by atoms with E-state index in [9.17, 15) is 14.4 Å². The van der Waals surface area contributed by atoms with Gasteiger partial charge in [0.25, 0.3) is 0 Å². The molecule has 2 aliphatic rings. The number of aliphatic carboxylic acids is 1. The van der Waals surface area contributed by atoms with Crippen molar-refractivity contribution in [3.05, 3.63) is 0 Å². The lowest BCUT2D eigenvalue weighted by molar-refractivity contribution is -0.164. The average Bonchev–Trinajstić information content (AvgIpc) is 2.07. The minimum Gasteiger partial charge on any atom is -0.481 e. The predicted octanol–water partition coefficient (Wildman–Crippen LogP) is -0.103. The average molecular weight is 211 g/mol. The molecule has 15 heavy (non-hydrogen) atoms. The van der Waals surface area contributed by atoms with Crippen molar-refractivity contribution in [3.8, 4) is 0 Å². The Morgan fingerprint density at radius 3 is 2.67 bits per heavy atom. The molecule has 0 aromatic heterocycles. The van der Waals surface area contributed by atoms with Crippen LogP contribution in [0.4, 0.5) is 0 Å². The van der Waals surface area contributed by atoms with E-state index in [4.69, 9.17) is 5.11 Å². The van der Waals surface area contributed by atoms with Crippen LogP contribution in [-0.4, -0.2) is 40.3 Å². The fourth-order valence-electron chi connectivity index (χ4n) is 2.57. The maximum atomic E-state index is 11.5. The zero-order chi connectivity index (χ0) is 11.2. The molecule has 1 amide bonds. The second-order valence-electron chi connectivity index (χ2n) is 4.21. The number of likely N-dealkylation sites (tertiary alicyclic amines) is 1. The topological polar surface area (TPSA) is 74.7 Å². The van der Waals surface area contributed by atoms with Crippen LogP contribution in [0.1, 0.15) is 19.8 Å². The van der Waals surface area contributed by atoms with Crippen LogP contribution in [0, 0.1) is 11.8 Å². The molecule has 5 heteroatoms. The van der Waals surface area contributed by atoms with E-state index in [1.54, 1.807) is 0 Å². The summed E-state index contributed by atoms with van der Waals surface area (Å²) in [7, 11) is 0. The fraction of sp³-hybridized carbons (Fsp3) is 0.700. The fourth-order valence-corrected chi connectivity index (χ4v) is 2.57. The highest BCUT2D eigenvalue weighted by molar-refractivity contribution is 5.89. The summed E-state index contributed by atoms with van der Waals surface area (Å²) in [5.41, 5.74) is 0. The van der Waals surface area contributed by atoms with Gasteiger partial charge in [0.15, 0.2) is 0 Å². The van der Waals surface area contributed by atoms with Crippen LogP contribution in [0.15, 0.2) is 0 Å². The summed E-state index contributed by atoms with van der Waals surface area (Å²) < 4.78 is 0. The van der Waals surface area contributed by atoms with Gasteiger partial charge in [-0.15, -0.1) is 0 Å². The Bertz CT molecular complexity index is 334. The summed E-state index contributed by atoms with van der Waals surface area (Å²) in [4.78, 5) is 35.1. The Morgan fingerprint density at radius 2 is 2.13 bits per heavy atom. The molecule has 1 saturated heterocycles. The molecule has 0 aromatic rings. The Kier molecular flexibility index (Phi) is 2.25. The number of Topliss-reactive ketones (excluding diaryl/α,β-unsaturated/α-hetero) is 1. The molecule has 3 atom stereocenters. The highest BCUT2D eigenvalue weighted by Gasteiger charge is 2.54. The number of carboxylic acids is 1. The molecule has 82 valence electrons. The first-order chi connectivity index (χ1) is 7.02. The Hall–Kier alpha value is -1.39. The van der Waals surface area contributed by atoms with E-state index < -0.39 is 11.9 Å². The number of carbonyl (C=O) groups excluding carboxylic acids is 2. The van der Waals surface area contributed by atoms with Crippen LogP contribution < -0.4 is 0 Å². The van der Waals surface area contributed by atoms with Crippen molar-refractivity contribution in [2.45, 2.75) is 25.8 Å². The second kappa shape index (κ2) is 3.32. The highest BCUT2D eigenvalue weighted by Crippen LogP contribution is 2.42. The molecule has 2 rings (SSSR count). The lowest BCUT2D eigenvalue weighted by atomic mass is 9.64. The SMILES string of the molecule is CC(=O)N1CCC(=O)[C@@H]2C[C@@H](C(=O)O)[C@@H]21. The van der Waals surface area contributed by atoms with Gasteiger partial charge < -0.3 is 10.0 Å². The Labute approximate surface area is 87.1 Å². The van der Waals surface area contributed by atoms with Gasteiger partial charge in [0, 0.05) is 25.8 Å². The normalized spacial score (nSPS) is 34.3. The molecular formula is C10H13NO4. The van der Waals surface area contributed by atoms with Crippen LogP contribution in [0.25, 0.3) is 0 Å². The van der Waals surface area contributed by atoms with E-state index in [1.807, 2.05) is 0 Å². The maximum absolute atomic E-state index is 11.5. The largest absolute Gasteiger partial charge is 0.481 e. The smallest absolute Gasteiger partial charge is 0.308 e. The molecule has 0 radical (unpaired) electrons. The number of carboxylic acid groups (broad SMARTS) is 1. The van der Waals surface area contributed by atoms with E-state index in [-0.39, 0.29) is 23.7 Å². The van der Waals surface area contributed by atoms with Gasteiger partial charge in [0.1, 0.15) is 5.78 Å². The highest BCUT2D eigenvalue weighted by atomic mass is 16.4. The molecule has 0 aromatic carbocycles. The first-order valence-corrected chi connectivity index (χ1v) is 5.05. The van der Waals surface area contributed by atoms with Crippen molar-refractivity contribution in [1.82, 2.24) is 4.90 Å². The second-order valence-corrected chi connectivity index (χ2v) is 4.21. The standard InChI is InChI=1S/C10H13NO4/c1-5(12)11-3-2-8(13)6-4-7(9(6)11)10(14)15/h6-7,9H,2-4H2,1H3,(H,14,15)/t6-,7+,9+/m0/s1. The van der Waals surface area contributed by atoms with E-state index >= 15 is 0 Å². The third-order valence-electron chi connectivity index (χ3n) is 3.43. The van der Waals surface area contributed by atoms with E-state index in [0.29, 0.717) is 19.4 Å². The molecule has 0 bridgehead atoms. The minimum atomic E-state index is -0.905. The minimum absolute atomic E-state index is 0.106. The summed E-state index contributed by atoms with van der Waals surface area (Å²) >= 11 is 0. The molecule has 1 heterocycles. The van der Waals surface area contributed by atoms with E-state index in [1.165, 1.54) is 11.8 Å². The summed E-state index contributed by atoms with van der Waals surface area (Å²) in [6.45, 7) is 1.79. The Balaban J connectivity index is 2.19. The van der Waals surface area contributed by atoms with Gasteiger partial charge in [0.2, 0.25) is 5.91 Å². The van der Waals surface area contributed by atoms with Crippen LogP contribution in [0.3, 0.4) is 0 Å². The molecule has 1 saturated carbocycles. The van der Waals surface area contributed by atoms with Crippen molar-refractivity contribution >= 4 is 17.7 Å². The zero-order valence-corrected chi connectivity index (χ0v) is 8.47. The molecule has 2 fully saturated rings. The van der Waals surface area contributed by atoms with Crippen molar-refractivity contribution in [3.63, 3.8) is 0 Å². The number of rotatable bonds is 1. The van der Waals surface area contributed by atoms with Gasteiger partial charge in [0.05, 0.1) is 12.0 Å². The third kappa shape index (κ3) is 1.42. The summed E-state index contributed by atoms with van der Waals surface area (Å²) in [5.74, 6) is -1.72. The summed E-state index contributed by atoms with van der Waals surface area (Å²) in [5, 5.41) is 8.91. The van der Waals surface area contributed by atoms with Gasteiger partial charge in [-0.25, -0.2) is 0 Å². The first-order valence-electron chi connectivity index (χ1n) is 5.05. The number of nitrogens with zero attached hydrogens (tertiary/aromatic N) is 1. The van der Waals surface area contributed by atoms with Gasteiger partial charge in [-0.05, 0) is 6.42 Å². The molecule has 1 aliphatic carbocycles. The van der Waals surface area contributed by atoms with E-state index in [2.05, 4.69) is 0 Å². The van der Waals surface area contributed by atoms with Crippen LogP contribution in [0.5, 0.6) is 0 Å². The van der Waals surface area contributed by atoms with Crippen LogP contribution in [0.2, 0.25) is 0 Å². The molecule has 1 N–H and O–H groups in total. The number of amides is 1. The summed E-state index contributed by atoms with van der Waals surface area (Å²) in [6.07, 6.45) is 0.760. The molecule has 5 nitrogen and oxygen atoms in total. The number of piperidine rings is 1. The predicted molar refractivity (Wildman–Crippen MR) is 50.0 cm³/mol. The first kappa shape index (κ1) is 10.1. The lowest BCUT2D eigenvalue weighted by Crippen LogP contribution is -2.63. The zero-order valence-electron chi connectivity index (χ0n) is 8.47. The van der Waals surface area contributed by atoms with Gasteiger partial charge >= 0.3 is 5.97 Å². The molecule has 1 aliphatic heterocycles. The van der Waals surface area contributed by atoms with Crippen molar-refractivity contribution < 1.29 is 19.5 Å². The van der Waals surface area contributed by atoms with Crippen LogP contribution >= 0.6 is 0 Å². The third-order valence-corrected chi connectivity index (χ3v) is 3.43. The monoisotopic (exact) mass is 211 g/mol. The van der Waals surface area contributed by atoms with Crippen LogP contribution in [-0.2, 0) is 14.4 Å². The van der Waals surface area contributed by atoms with Gasteiger partial charge in [-0.3, -0.25) is 14.4 Å². The van der Waals surface area contributed by atoms with Gasteiger partial charge in [-0.2, -0.15) is 0 Å². The molecular weight excluding hydrogens is 198 g/mol. The van der Waals surface area contributed by atoms with Crippen molar-refractivity contribution in [2.24, 2.45) is 11.8 Å². The number of carbonyl (C=O) groups is 3. The Morgan fingerprint density at radius 1 is 1.47 bits per heavy atom. The lowest BCUT2D eigenvalue weighted by Gasteiger charge is -2.50. The molecule has 0 spiro atoms.